The number of anilines is 1. The maximum absolute atomic E-state index is 12.3. The highest BCUT2D eigenvalue weighted by Gasteiger charge is 2.21. The van der Waals surface area contributed by atoms with Crippen LogP contribution in [0.3, 0.4) is 0 Å². The van der Waals surface area contributed by atoms with E-state index in [0.717, 1.165) is 0 Å². The van der Waals surface area contributed by atoms with Crippen LogP contribution < -0.4 is 10.0 Å². The van der Waals surface area contributed by atoms with Gasteiger partial charge in [-0.05, 0) is 19.9 Å². The third kappa shape index (κ3) is 3.14. The quantitative estimate of drug-likeness (QED) is 0.867. The van der Waals surface area contributed by atoms with Crippen molar-refractivity contribution in [1.29, 1.82) is 0 Å². The molecule has 108 valence electrons. The van der Waals surface area contributed by atoms with E-state index >= 15 is 0 Å². The summed E-state index contributed by atoms with van der Waals surface area (Å²) in [6, 6.07) is 2.33. The van der Waals surface area contributed by atoms with Gasteiger partial charge in [-0.1, -0.05) is 0 Å². The van der Waals surface area contributed by atoms with Gasteiger partial charge in [-0.2, -0.15) is 4.72 Å². The molecular formula is C12H16N4O3S. The van der Waals surface area contributed by atoms with Crippen LogP contribution in [0.1, 0.15) is 24.6 Å². The monoisotopic (exact) mass is 296 g/mol. The van der Waals surface area contributed by atoms with Crippen LogP contribution in [-0.2, 0) is 10.0 Å². The van der Waals surface area contributed by atoms with E-state index in [2.05, 4.69) is 20.0 Å². The summed E-state index contributed by atoms with van der Waals surface area (Å²) in [5, 5.41) is 2.79. The van der Waals surface area contributed by atoms with Crippen molar-refractivity contribution in [2.75, 3.05) is 12.4 Å². The summed E-state index contributed by atoms with van der Waals surface area (Å²) >= 11 is 0. The summed E-state index contributed by atoms with van der Waals surface area (Å²) in [5.41, 5.74) is 0. The Labute approximate surface area is 117 Å². The molecule has 1 atom stereocenters. The first-order chi connectivity index (χ1) is 9.42. The molecule has 8 heteroatoms. The van der Waals surface area contributed by atoms with Crippen LogP contribution in [0.4, 0.5) is 5.82 Å². The van der Waals surface area contributed by atoms with Gasteiger partial charge >= 0.3 is 0 Å². The third-order valence-corrected chi connectivity index (χ3v) is 4.18. The highest BCUT2D eigenvalue weighted by Crippen LogP contribution is 2.18. The molecule has 0 radical (unpaired) electrons. The molecule has 0 saturated heterocycles. The van der Waals surface area contributed by atoms with Crippen molar-refractivity contribution in [1.82, 2.24) is 14.7 Å². The molecule has 20 heavy (non-hydrogen) atoms. The van der Waals surface area contributed by atoms with Crippen LogP contribution >= 0.6 is 0 Å². The zero-order chi connectivity index (χ0) is 14.8. The van der Waals surface area contributed by atoms with Crippen LogP contribution in [0.25, 0.3) is 0 Å². The molecular weight excluding hydrogens is 280 g/mol. The van der Waals surface area contributed by atoms with E-state index in [1.165, 1.54) is 18.3 Å². The molecule has 2 heterocycles. The SMILES string of the molecule is CNc1cc(S(=O)(=O)NC(C)c2ncc(C)o2)ccn1. The second-order valence-corrected chi connectivity index (χ2v) is 5.99. The molecule has 7 nitrogen and oxygen atoms in total. The molecule has 0 bridgehead atoms. The minimum Gasteiger partial charge on any atom is -0.444 e. The molecule has 0 spiro atoms. The van der Waals surface area contributed by atoms with E-state index in [0.29, 0.717) is 17.5 Å². The fourth-order valence-electron chi connectivity index (χ4n) is 1.64. The van der Waals surface area contributed by atoms with Crippen LogP contribution in [0.5, 0.6) is 0 Å². The van der Waals surface area contributed by atoms with Gasteiger partial charge in [-0.3, -0.25) is 0 Å². The lowest BCUT2D eigenvalue weighted by atomic mass is 10.4. The van der Waals surface area contributed by atoms with Crippen molar-refractivity contribution in [3.8, 4) is 0 Å². The molecule has 0 fully saturated rings. The summed E-state index contributed by atoms with van der Waals surface area (Å²) in [5.74, 6) is 1.44. The number of pyridine rings is 1. The lowest BCUT2D eigenvalue weighted by molar-refractivity contribution is 0.428. The summed E-state index contributed by atoms with van der Waals surface area (Å²) in [7, 11) is -1.99. The number of oxazole rings is 1. The average molecular weight is 296 g/mol. The smallest absolute Gasteiger partial charge is 0.241 e. The number of hydrogen-bond donors (Lipinski definition) is 2. The average Bonchev–Trinajstić information content (AvgIpc) is 2.85. The van der Waals surface area contributed by atoms with Gasteiger partial charge in [0.05, 0.1) is 17.1 Å². The lowest BCUT2D eigenvalue weighted by Crippen LogP contribution is -2.27. The Morgan fingerprint density at radius 3 is 2.70 bits per heavy atom. The number of nitrogens with one attached hydrogen (secondary N) is 2. The standard InChI is InChI=1S/C12H16N4O3S/c1-8-7-15-12(19-8)9(2)16-20(17,18)10-4-5-14-11(6-10)13-3/h4-7,9,16H,1-3H3,(H,13,14). The normalized spacial score (nSPS) is 13.2. The molecule has 0 saturated carbocycles. The molecule has 2 N–H and O–H groups in total. The fraction of sp³-hybridized carbons (Fsp3) is 0.333. The zero-order valence-electron chi connectivity index (χ0n) is 11.4. The number of nitrogens with zero attached hydrogens (tertiary/aromatic N) is 2. The molecule has 0 aliphatic rings. The number of sulfonamides is 1. The Hall–Kier alpha value is -1.93. The predicted molar refractivity (Wildman–Crippen MR) is 73.8 cm³/mol. The van der Waals surface area contributed by atoms with Crippen molar-refractivity contribution in [3.63, 3.8) is 0 Å². The van der Waals surface area contributed by atoms with Gasteiger partial charge in [0, 0.05) is 19.3 Å². The first-order valence-electron chi connectivity index (χ1n) is 6.01. The molecule has 0 aromatic carbocycles. The Balaban J connectivity index is 2.22. The molecule has 0 amide bonds. The minimum absolute atomic E-state index is 0.131. The lowest BCUT2D eigenvalue weighted by Gasteiger charge is -2.11. The second kappa shape index (κ2) is 5.59. The minimum atomic E-state index is -3.66. The molecule has 1 unspecified atom stereocenters. The van der Waals surface area contributed by atoms with Crippen molar-refractivity contribution in [2.24, 2.45) is 0 Å². The molecule has 2 aromatic rings. The summed E-state index contributed by atoms with van der Waals surface area (Å²) in [6.45, 7) is 3.42. The third-order valence-electron chi connectivity index (χ3n) is 2.64. The van der Waals surface area contributed by atoms with Gasteiger partial charge in [0.25, 0.3) is 0 Å². The largest absolute Gasteiger partial charge is 0.444 e. The van der Waals surface area contributed by atoms with Crippen LogP contribution in [-0.4, -0.2) is 25.4 Å². The number of rotatable bonds is 5. The number of hydrogen-bond acceptors (Lipinski definition) is 6. The highest BCUT2D eigenvalue weighted by atomic mass is 32.2. The number of aromatic nitrogens is 2. The van der Waals surface area contributed by atoms with Crippen molar-refractivity contribution >= 4 is 15.8 Å². The van der Waals surface area contributed by atoms with Gasteiger partial charge < -0.3 is 9.73 Å². The van der Waals surface area contributed by atoms with E-state index in [1.807, 2.05) is 0 Å². The topological polar surface area (TPSA) is 97.1 Å². The van der Waals surface area contributed by atoms with Gasteiger partial charge in [0.2, 0.25) is 15.9 Å². The summed E-state index contributed by atoms with van der Waals surface area (Å²) in [6.07, 6.45) is 2.98. The Bertz CT molecular complexity index is 696. The Morgan fingerprint density at radius 1 is 1.35 bits per heavy atom. The van der Waals surface area contributed by atoms with Crippen LogP contribution in [0.2, 0.25) is 0 Å². The van der Waals surface area contributed by atoms with Crippen molar-refractivity contribution in [3.05, 3.63) is 36.2 Å². The molecule has 0 aliphatic carbocycles. The van der Waals surface area contributed by atoms with Crippen molar-refractivity contribution < 1.29 is 12.8 Å². The van der Waals surface area contributed by atoms with E-state index in [1.54, 1.807) is 27.1 Å². The zero-order valence-corrected chi connectivity index (χ0v) is 12.2. The van der Waals surface area contributed by atoms with Crippen molar-refractivity contribution in [2.45, 2.75) is 24.8 Å². The highest BCUT2D eigenvalue weighted by molar-refractivity contribution is 7.89. The molecule has 2 rings (SSSR count). The van der Waals surface area contributed by atoms with E-state index in [9.17, 15) is 8.42 Å². The van der Waals surface area contributed by atoms with Crippen LogP contribution in [0, 0.1) is 6.92 Å². The summed E-state index contributed by atoms with van der Waals surface area (Å²) < 4.78 is 32.3. The number of aryl methyl sites for hydroxylation is 1. The van der Waals surface area contributed by atoms with E-state index in [-0.39, 0.29) is 4.90 Å². The van der Waals surface area contributed by atoms with Gasteiger partial charge in [-0.25, -0.2) is 18.4 Å². The second-order valence-electron chi connectivity index (χ2n) is 4.28. The first-order valence-corrected chi connectivity index (χ1v) is 7.49. The first kappa shape index (κ1) is 14.5. The Morgan fingerprint density at radius 2 is 2.10 bits per heavy atom. The maximum Gasteiger partial charge on any atom is 0.241 e. The van der Waals surface area contributed by atoms with E-state index < -0.39 is 16.1 Å². The molecule has 0 aliphatic heterocycles. The summed E-state index contributed by atoms with van der Waals surface area (Å²) in [4.78, 5) is 8.12. The molecule has 2 aromatic heterocycles. The van der Waals surface area contributed by atoms with Crippen LogP contribution in [0.15, 0.2) is 33.8 Å². The fourth-order valence-corrected chi connectivity index (χ4v) is 2.85. The predicted octanol–water partition coefficient (Wildman–Crippen LogP) is 1.46. The van der Waals surface area contributed by atoms with Gasteiger partial charge in [-0.15, -0.1) is 0 Å². The maximum atomic E-state index is 12.3. The van der Waals surface area contributed by atoms with Gasteiger partial charge in [0.15, 0.2) is 0 Å². The Kier molecular flexibility index (Phi) is 4.05. The van der Waals surface area contributed by atoms with E-state index in [4.69, 9.17) is 4.42 Å². The van der Waals surface area contributed by atoms with Gasteiger partial charge in [0.1, 0.15) is 11.6 Å².